The molecule has 98 valence electrons. The van der Waals surface area contributed by atoms with Crippen LogP contribution in [-0.4, -0.2) is 16.5 Å². The summed E-state index contributed by atoms with van der Waals surface area (Å²) < 4.78 is 5.83. The van der Waals surface area contributed by atoms with Crippen LogP contribution in [0.4, 0.5) is 0 Å². The molecule has 3 rings (SSSR count). The molecule has 0 spiro atoms. The van der Waals surface area contributed by atoms with Crippen molar-refractivity contribution in [2.45, 2.75) is 19.4 Å². The Balaban J connectivity index is 1.61. The zero-order valence-corrected chi connectivity index (χ0v) is 10.9. The number of aromatic amines is 1. The van der Waals surface area contributed by atoms with Gasteiger partial charge in [-0.1, -0.05) is 18.2 Å². The predicted molar refractivity (Wildman–Crippen MR) is 74.9 cm³/mol. The van der Waals surface area contributed by atoms with Crippen LogP contribution in [-0.2, 0) is 6.42 Å². The van der Waals surface area contributed by atoms with Crippen LogP contribution >= 0.6 is 0 Å². The molecule has 1 unspecified atom stereocenters. The maximum Gasteiger partial charge on any atom is 0.134 e. The minimum absolute atomic E-state index is 0.204. The van der Waals surface area contributed by atoms with Crippen molar-refractivity contribution < 1.29 is 4.42 Å². The summed E-state index contributed by atoms with van der Waals surface area (Å²) >= 11 is 0. The van der Waals surface area contributed by atoms with Gasteiger partial charge in [0.2, 0.25) is 0 Å². The monoisotopic (exact) mass is 255 g/mol. The Morgan fingerprint density at radius 1 is 1.37 bits per heavy atom. The second-order valence-corrected chi connectivity index (χ2v) is 4.69. The third kappa shape index (κ3) is 2.69. The minimum Gasteiger partial charge on any atom is -0.459 e. The molecule has 0 amide bonds. The standard InChI is InChI=1S/C15H17N3O/c1-11(17-7-6-13-9-16-10-18-13)15-8-12-4-2-3-5-14(12)19-15/h2-5,8-11,17H,6-7H2,1H3,(H,16,18). The van der Waals surface area contributed by atoms with E-state index in [1.807, 2.05) is 24.4 Å². The number of hydrogen-bond donors (Lipinski definition) is 2. The molecule has 0 bridgehead atoms. The summed E-state index contributed by atoms with van der Waals surface area (Å²) in [4.78, 5) is 7.10. The van der Waals surface area contributed by atoms with Crippen molar-refractivity contribution in [3.63, 3.8) is 0 Å². The summed E-state index contributed by atoms with van der Waals surface area (Å²) in [6, 6.07) is 10.4. The van der Waals surface area contributed by atoms with Crippen LogP contribution in [0.3, 0.4) is 0 Å². The number of imidazole rings is 1. The van der Waals surface area contributed by atoms with Gasteiger partial charge < -0.3 is 14.7 Å². The molecule has 0 fully saturated rings. The Labute approximate surface area is 111 Å². The summed E-state index contributed by atoms with van der Waals surface area (Å²) in [5.41, 5.74) is 2.09. The maximum atomic E-state index is 5.83. The van der Waals surface area contributed by atoms with Crippen molar-refractivity contribution in [3.8, 4) is 0 Å². The predicted octanol–water partition coefficient (Wildman–Crippen LogP) is 3.05. The number of benzene rings is 1. The summed E-state index contributed by atoms with van der Waals surface area (Å²) in [7, 11) is 0. The number of fused-ring (bicyclic) bond motifs is 1. The molecule has 0 aliphatic carbocycles. The number of para-hydroxylation sites is 1. The zero-order valence-electron chi connectivity index (χ0n) is 10.9. The van der Waals surface area contributed by atoms with Crippen molar-refractivity contribution in [2.75, 3.05) is 6.54 Å². The molecule has 3 aromatic rings. The van der Waals surface area contributed by atoms with E-state index in [4.69, 9.17) is 4.42 Å². The molecule has 2 heterocycles. The first kappa shape index (κ1) is 12.0. The quantitative estimate of drug-likeness (QED) is 0.736. The average Bonchev–Trinajstić information content (AvgIpc) is 3.07. The number of aromatic nitrogens is 2. The van der Waals surface area contributed by atoms with Gasteiger partial charge in [0, 0.05) is 30.2 Å². The van der Waals surface area contributed by atoms with Gasteiger partial charge in [0.1, 0.15) is 11.3 Å². The third-order valence-corrected chi connectivity index (χ3v) is 3.27. The van der Waals surface area contributed by atoms with Gasteiger partial charge >= 0.3 is 0 Å². The largest absolute Gasteiger partial charge is 0.459 e. The molecule has 0 radical (unpaired) electrons. The molecule has 2 aromatic heterocycles. The van der Waals surface area contributed by atoms with Crippen LogP contribution in [0.15, 0.2) is 47.3 Å². The third-order valence-electron chi connectivity index (χ3n) is 3.27. The van der Waals surface area contributed by atoms with E-state index >= 15 is 0 Å². The molecule has 0 saturated carbocycles. The van der Waals surface area contributed by atoms with Crippen LogP contribution in [0.2, 0.25) is 0 Å². The van der Waals surface area contributed by atoms with Crippen LogP contribution in [0.1, 0.15) is 24.4 Å². The van der Waals surface area contributed by atoms with E-state index in [0.29, 0.717) is 0 Å². The fraction of sp³-hybridized carbons (Fsp3) is 0.267. The van der Waals surface area contributed by atoms with Crippen molar-refractivity contribution in [2.24, 2.45) is 0 Å². The van der Waals surface area contributed by atoms with Crippen LogP contribution < -0.4 is 5.32 Å². The van der Waals surface area contributed by atoms with Gasteiger partial charge in [-0.05, 0) is 19.1 Å². The number of nitrogens with zero attached hydrogens (tertiary/aromatic N) is 1. The van der Waals surface area contributed by atoms with Gasteiger partial charge in [-0.2, -0.15) is 0 Å². The highest BCUT2D eigenvalue weighted by atomic mass is 16.3. The van der Waals surface area contributed by atoms with E-state index in [1.165, 1.54) is 0 Å². The molecule has 1 aromatic carbocycles. The first-order valence-corrected chi connectivity index (χ1v) is 6.52. The Morgan fingerprint density at radius 2 is 2.26 bits per heavy atom. The van der Waals surface area contributed by atoms with E-state index in [9.17, 15) is 0 Å². The van der Waals surface area contributed by atoms with Gasteiger partial charge in [-0.25, -0.2) is 4.98 Å². The van der Waals surface area contributed by atoms with E-state index in [2.05, 4.69) is 34.3 Å². The number of hydrogen-bond acceptors (Lipinski definition) is 3. The maximum absolute atomic E-state index is 5.83. The Kier molecular flexibility index (Phi) is 3.33. The molecule has 2 N–H and O–H groups in total. The molecule has 4 nitrogen and oxygen atoms in total. The highest BCUT2D eigenvalue weighted by molar-refractivity contribution is 5.77. The van der Waals surface area contributed by atoms with Crippen LogP contribution in [0.25, 0.3) is 11.0 Å². The van der Waals surface area contributed by atoms with E-state index in [-0.39, 0.29) is 6.04 Å². The first-order valence-electron chi connectivity index (χ1n) is 6.52. The van der Waals surface area contributed by atoms with Gasteiger partial charge in [0.25, 0.3) is 0 Å². The Morgan fingerprint density at radius 3 is 3.05 bits per heavy atom. The van der Waals surface area contributed by atoms with E-state index in [0.717, 1.165) is 35.4 Å². The molecule has 1 atom stereocenters. The van der Waals surface area contributed by atoms with Crippen LogP contribution in [0.5, 0.6) is 0 Å². The van der Waals surface area contributed by atoms with Gasteiger partial charge in [0.15, 0.2) is 0 Å². The molecule has 0 aliphatic rings. The fourth-order valence-corrected chi connectivity index (χ4v) is 2.16. The minimum atomic E-state index is 0.204. The molecular formula is C15H17N3O. The topological polar surface area (TPSA) is 53.9 Å². The lowest BCUT2D eigenvalue weighted by atomic mass is 10.2. The second kappa shape index (κ2) is 5.28. The number of H-pyrrole nitrogens is 1. The Bertz CT molecular complexity index is 609. The fourth-order valence-electron chi connectivity index (χ4n) is 2.16. The van der Waals surface area contributed by atoms with Crippen molar-refractivity contribution in [1.29, 1.82) is 0 Å². The zero-order chi connectivity index (χ0) is 13.1. The van der Waals surface area contributed by atoms with Crippen molar-refractivity contribution in [3.05, 3.63) is 54.3 Å². The van der Waals surface area contributed by atoms with Gasteiger partial charge in [-0.15, -0.1) is 0 Å². The van der Waals surface area contributed by atoms with E-state index in [1.54, 1.807) is 6.33 Å². The summed E-state index contributed by atoms with van der Waals surface area (Å²) in [6.07, 6.45) is 4.50. The lowest BCUT2D eigenvalue weighted by Gasteiger charge is -2.10. The van der Waals surface area contributed by atoms with Crippen LogP contribution in [0, 0.1) is 0 Å². The number of rotatable bonds is 5. The number of furan rings is 1. The SMILES string of the molecule is CC(NCCc1cnc[nH]1)c1cc2ccccc2o1. The highest BCUT2D eigenvalue weighted by Gasteiger charge is 2.10. The lowest BCUT2D eigenvalue weighted by Crippen LogP contribution is -2.21. The summed E-state index contributed by atoms with van der Waals surface area (Å²) in [6.45, 7) is 3.01. The summed E-state index contributed by atoms with van der Waals surface area (Å²) in [5, 5.41) is 4.61. The number of nitrogens with one attached hydrogen (secondary N) is 2. The average molecular weight is 255 g/mol. The smallest absolute Gasteiger partial charge is 0.134 e. The molecule has 0 saturated heterocycles. The molecule has 0 aliphatic heterocycles. The molecular weight excluding hydrogens is 238 g/mol. The Hall–Kier alpha value is -2.07. The second-order valence-electron chi connectivity index (χ2n) is 4.69. The summed E-state index contributed by atoms with van der Waals surface area (Å²) in [5.74, 6) is 0.978. The molecule has 19 heavy (non-hydrogen) atoms. The van der Waals surface area contributed by atoms with Crippen molar-refractivity contribution >= 4 is 11.0 Å². The normalized spacial score (nSPS) is 12.9. The first-order chi connectivity index (χ1) is 9.33. The lowest BCUT2D eigenvalue weighted by molar-refractivity contribution is 0.453. The van der Waals surface area contributed by atoms with Gasteiger partial charge in [0.05, 0.1) is 12.4 Å². The van der Waals surface area contributed by atoms with Crippen molar-refractivity contribution in [1.82, 2.24) is 15.3 Å². The van der Waals surface area contributed by atoms with Gasteiger partial charge in [-0.3, -0.25) is 0 Å². The highest BCUT2D eigenvalue weighted by Crippen LogP contribution is 2.23. The van der Waals surface area contributed by atoms with E-state index < -0.39 is 0 Å². The molecule has 4 heteroatoms.